The molecule has 1 N–H and O–H groups in total. The summed E-state index contributed by atoms with van der Waals surface area (Å²) in [5.41, 5.74) is 2.50. The first kappa shape index (κ1) is 18.2. The standard InChI is InChI=1S/C18H24N2O4/c1-12-18(14(3)24-19-12)10-20(4)9-16(22)11-23-17-7-5-6-15(8-17)13(2)21/h5-8,16,22H,9-11H2,1-4H3. The lowest BCUT2D eigenvalue weighted by Crippen LogP contribution is -2.33. The molecule has 2 aromatic rings. The maximum atomic E-state index is 11.4. The Morgan fingerprint density at radius 3 is 2.79 bits per heavy atom. The van der Waals surface area contributed by atoms with Crippen LogP contribution in [0.3, 0.4) is 0 Å². The summed E-state index contributed by atoms with van der Waals surface area (Å²) < 4.78 is 10.7. The molecule has 1 aromatic carbocycles. The number of nitrogens with zero attached hydrogens (tertiary/aromatic N) is 2. The van der Waals surface area contributed by atoms with Gasteiger partial charge in [-0.1, -0.05) is 17.3 Å². The van der Waals surface area contributed by atoms with E-state index in [4.69, 9.17) is 9.26 Å². The fraction of sp³-hybridized carbons (Fsp3) is 0.444. The summed E-state index contributed by atoms with van der Waals surface area (Å²) in [7, 11) is 1.92. The lowest BCUT2D eigenvalue weighted by Gasteiger charge is -2.20. The molecule has 0 saturated carbocycles. The number of likely N-dealkylation sites (N-methyl/N-ethyl adjacent to an activating group) is 1. The van der Waals surface area contributed by atoms with Gasteiger partial charge in [-0.2, -0.15) is 0 Å². The summed E-state index contributed by atoms with van der Waals surface area (Å²) in [4.78, 5) is 13.4. The maximum absolute atomic E-state index is 11.4. The van der Waals surface area contributed by atoms with Crippen LogP contribution in [0.4, 0.5) is 0 Å². The van der Waals surface area contributed by atoms with E-state index in [9.17, 15) is 9.90 Å². The number of aromatic nitrogens is 1. The van der Waals surface area contributed by atoms with E-state index in [-0.39, 0.29) is 12.4 Å². The minimum absolute atomic E-state index is 0.0137. The normalized spacial score (nSPS) is 12.4. The highest BCUT2D eigenvalue weighted by molar-refractivity contribution is 5.94. The number of Topliss-reactive ketones (excluding diaryl/α,β-unsaturated/α-hetero) is 1. The van der Waals surface area contributed by atoms with Crippen molar-refractivity contribution in [2.75, 3.05) is 20.2 Å². The number of hydrogen-bond acceptors (Lipinski definition) is 6. The fourth-order valence-corrected chi connectivity index (χ4v) is 2.47. The van der Waals surface area contributed by atoms with Gasteiger partial charge in [-0.05, 0) is 40.0 Å². The van der Waals surface area contributed by atoms with E-state index in [0.717, 1.165) is 17.0 Å². The first-order valence-corrected chi connectivity index (χ1v) is 7.89. The second-order valence-electron chi connectivity index (χ2n) is 6.05. The molecule has 0 spiro atoms. The molecule has 0 bridgehead atoms. The Kier molecular flexibility index (Phi) is 6.11. The van der Waals surface area contributed by atoms with Gasteiger partial charge in [0, 0.05) is 24.2 Å². The predicted octanol–water partition coefficient (Wildman–Crippen LogP) is 2.37. The van der Waals surface area contributed by atoms with Crippen LogP contribution in [-0.2, 0) is 6.54 Å². The van der Waals surface area contributed by atoms with Gasteiger partial charge in [0.1, 0.15) is 24.2 Å². The van der Waals surface area contributed by atoms with Gasteiger partial charge in [0.05, 0.1) is 5.69 Å². The molecular formula is C18H24N2O4. The molecule has 1 aromatic heterocycles. The third-order valence-corrected chi connectivity index (χ3v) is 3.81. The summed E-state index contributed by atoms with van der Waals surface area (Å²) >= 11 is 0. The van der Waals surface area contributed by atoms with E-state index >= 15 is 0 Å². The zero-order valence-electron chi connectivity index (χ0n) is 14.6. The van der Waals surface area contributed by atoms with E-state index in [0.29, 0.717) is 24.4 Å². The summed E-state index contributed by atoms with van der Waals surface area (Å²) in [5, 5.41) is 14.1. The largest absolute Gasteiger partial charge is 0.491 e. The zero-order valence-corrected chi connectivity index (χ0v) is 14.6. The van der Waals surface area contributed by atoms with Gasteiger partial charge in [-0.3, -0.25) is 9.69 Å². The van der Waals surface area contributed by atoms with Gasteiger partial charge in [0.2, 0.25) is 0 Å². The zero-order chi connectivity index (χ0) is 17.7. The molecule has 0 aliphatic carbocycles. The fourth-order valence-electron chi connectivity index (χ4n) is 2.47. The van der Waals surface area contributed by atoms with Crippen LogP contribution in [0.2, 0.25) is 0 Å². The number of ketones is 1. The Labute approximate surface area is 142 Å². The maximum Gasteiger partial charge on any atom is 0.159 e. The molecule has 1 atom stereocenters. The van der Waals surface area contributed by atoms with Crippen molar-refractivity contribution < 1.29 is 19.2 Å². The molecular weight excluding hydrogens is 308 g/mol. The van der Waals surface area contributed by atoms with Crippen molar-refractivity contribution in [2.45, 2.75) is 33.4 Å². The number of rotatable bonds is 8. The van der Waals surface area contributed by atoms with Crippen LogP contribution in [0.25, 0.3) is 0 Å². The van der Waals surface area contributed by atoms with Crippen LogP contribution >= 0.6 is 0 Å². The average Bonchev–Trinajstić information content (AvgIpc) is 2.85. The minimum atomic E-state index is -0.642. The number of aliphatic hydroxyl groups excluding tert-OH is 1. The smallest absolute Gasteiger partial charge is 0.159 e. The van der Waals surface area contributed by atoms with Gasteiger partial charge in [0.15, 0.2) is 5.78 Å². The Balaban J connectivity index is 1.83. The molecule has 0 saturated heterocycles. The lowest BCUT2D eigenvalue weighted by atomic mass is 10.1. The predicted molar refractivity (Wildman–Crippen MR) is 90.3 cm³/mol. The third kappa shape index (κ3) is 4.91. The molecule has 1 heterocycles. The number of aryl methyl sites for hydroxylation is 2. The Hall–Kier alpha value is -2.18. The Bertz CT molecular complexity index is 677. The van der Waals surface area contributed by atoms with E-state index in [2.05, 4.69) is 5.16 Å². The number of benzene rings is 1. The number of carbonyl (C=O) groups excluding carboxylic acids is 1. The molecule has 2 rings (SSSR count). The van der Waals surface area contributed by atoms with Crippen molar-refractivity contribution in [1.29, 1.82) is 0 Å². The van der Waals surface area contributed by atoms with Gasteiger partial charge in [-0.15, -0.1) is 0 Å². The highest BCUT2D eigenvalue weighted by Crippen LogP contribution is 2.16. The Morgan fingerprint density at radius 2 is 2.17 bits per heavy atom. The van der Waals surface area contributed by atoms with Gasteiger partial charge in [0.25, 0.3) is 0 Å². The van der Waals surface area contributed by atoms with Crippen molar-refractivity contribution in [3.63, 3.8) is 0 Å². The van der Waals surface area contributed by atoms with E-state index in [1.54, 1.807) is 24.3 Å². The minimum Gasteiger partial charge on any atom is -0.491 e. The third-order valence-electron chi connectivity index (χ3n) is 3.81. The first-order valence-electron chi connectivity index (χ1n) is 7.89. The van der Waals surface area contributed by atoms with Crippen LogP contribution in [0.5, 0.6) is 5.75 Å². The van der Waals surface area contributed by atoms with Crippen LogP contribution < -0.4 is 4.74 Å². The second kappa shape index (κ2) is 8.08. The molecule has 24 heavy (non-hydrogen) atoms. The molecule has 0 aliphatic rings. The number of carbonyl (C=O) groups is 1. The number of ether oxygens (including phenoxy) is 1. The molecule has 6 heteroatoms. The molecule has 0 aliphatic heterocycles. The molecule has 0 amide bonds. The number of aliphatic hydroxyl groups is 1. The highest BCUT2D eigenvalue weighted by atomic mass is 16.5. The van der Waals surface area contributed by atoms with Crippen LogP contribution in [0, 0.1) is 13.8 Å². The molecule has 130 valence electrons. The lowest BCUT2D eigenvalue weighted by molar-refractivity contribution is 0.0742. The summed E-state index contributed by atoms with van der Waals surface area (Å²) in [5.74, 6) is 1.36. The van der Waals surface area contributed by atoms with Crippen LogP contribution in [0.1, 0.15) is 34.3 Å². The van der Waals surface area contributed by atoms with Gasteiger partial charge >= 0.3 is 0 Å². The van der Waals surface area contributed by atoms with Crippen molar-refractivity contribution in [1.82, 2.24) is 10.1 Å². The first-order chi connectivity index (χ1) is 11.4. The van der Waals surface area contributed by atoms with Crippen LogP contribution in [-0.4, -0.2) is 47.2 Å². The molecule has 1 unspecified atom stereocenters. The van der Waals surface area contributed by atoms with Crippen LogP contribution in [0.15, 0.2) is 28.8 Å². The Morgan fingerprint density at radius 1 is 1.42 bits per heavy atom. The summed E-state index contributed by atoms with van der Waals surface area (Å²) in [6.45, 7) is 6.56. The summed E-state index contributed by atoms with van der Waals surface area (Å²) in [6, 6.07) is 6.96. The monoisotopic (exact) mass is 332 g/mol. The number of hydrogen-bond donors (Lipinski definition) is 1. The average molecular weight is 332 g/mol. The molecule has 0 fully saturated rings. The van der Waals surface area contributed by atoms with E-state index < -0.39 is 6.10 Å². The van der Waals surface area contributed by atoms with Crippen molar-refractivity contribution in [2.24, 2.45) is 0 Å². The van der Waals surface area contributed by atoms with Crippen molar-refractivity contribution in [3.05, 3.63) is 46.8 Å². The van der Waals surface area contributed by atoms with Crippen molar-refractivity contribution >= 4 is 5.78 Å². The molecule has 0 radical (unpaired) electrons. The quantitative estimate of drug-likeness (QED) is 0.748. The van der Waals surface area contributed by atoms with E-state index in [1.165, 1.54) is 6.92 Å². The second-order valence-corrected chi connectivity index (χ2v) is 6.05. The van der Waals surface area contributed by atoms with E-state index in [1.807, 2.05) is 25.8 Å². The van der Waals surface area contributed by atoms with Gasteiger partial charge < -0.3 is 14.4 Å². The SMILES string of the molecule is CC(=O)c1cccc(OCC(O)CN(C)Cc2c(C)noc2C)c1. The summed E-state index contributed by atoms with van der Waals surface area (Å²) in [6.07, 6.45) is -0.642. The van der Waals surface area contributed by atoms with Crippen molar-refractivity contribution in [3.8, 4) is 5.75 Å². The topological polar surface area (TPSA) is 75.8 Å². The van der Waals surface area contributed by atoms with Gasteiger partial charge in [-0.25, -0.2) is 0 Å². The molecule has 6 nitrogen and oxygen atoms in total. The highest BCUT2D eigenvalue weighted by Gasteiger charge is 2.14.